The number of hydrogen-bond acceptors (Lipinski definition) is 2. The van der Waals surface area contributed by atoms with Crippen molar-refractivity contribution in [3.05, 3.63) is 11.8 Å². The summed E-state index contributed by atoms with van der Waals surface area (Å²) in [5.41, 5.74) is 1.27. The number of aromatic nitrogens is 2. The molecule has 78 valence electrons. The van der Waals surface area contributed by atoms with Gasteiger partial charge >= 0.3 is 0 Å². The summed E-state index contributed by atoms with van der Waals surface area (Å²) in [6, 6.07) is 1.22. The van der Waals surface area contributed by atoms with Gasteiger partial charge in [0.05, 0.1) is 12.2 Å². The molecule has 1 aliphatic heterocycles. The molecule has 2 heterocycles. The van der Waals surface area contributed by atoms with E-state index in [4.69, 9.17) is 0 Å². The van der Waals surface area contributed by atoms with Gasteiger partial charge in [-0.05, 0) is 26.2 Å². The van der Waals surface area contributed by atoms with Crippen LogP contribution in [0.15, 0.2) is 6.20 Å². The highest BCUT2D eigenvalue weighted by Crippen LogP contribution is 2.31. The average Bonchev–Trinajstić information content (AvgIpc) is 2.59. The molecule has 0 saturated carbocycles. The molecule has 0 amide bonds. The van der Waals surface area contributed by atoms with E-state index in [0.717, 1.165) is 0 Å². The summed E-state index contributed by atoms with van der Waals surface area (Å²) < 4.78 is 2.15. The third kappa shape index (κ3) is 1.41. The Morgan fingerprint density at radius 2 is 2.29 bits per heavy atom. The molecule has 2 unspecified atom stereocenters. The molecule has 1 aromatic rings. The van der Waals surface area contributed by atoms with Crippen molar-refractivity contribution in [1.29, 1.82) is 0 Å². The molecule has 0 fully saturated rings. The highest BCUT2D eigenvalue weighted by Gasteiger charge is 2.25. The van der Waals surface area contributed by atoms with E-state index in [-0.39, 0.29) is 0 Å². The van der Waals surface area contributed by atoms with Gasteiger partial charge in [0, 0.05) is 11.6 Å². The Morgan fingerprint density at radius 3 is 2.93 bits per heavy atom. The van der Waals surface area contributed by atoms with Crippen LogP contribution in [-0.4, -0.2) is 15.8 Å². The molecule has 14 heavy (non-hydrogen) atoms. The van der Waals surface area contributed by atoms with E-state index < -0.39 is 0 Å². The first-order chi connectivity index (χ1) is 6.76. The van der Waals surface area contributed by atoms with E-state index >= 15 is 0 Å². The Balaban J connectivity index is 2.32. The summed E-state index contributed by atoms with van der Waals surface area (Å²) in [6.07, 6.45) is 5.54. The molecule has 0 radical (unpaired) electrons. The topological polar surface area (TPSA) is 29.9 Å². The molecule has 0 aromatic carbocycles. The Labute approximate surface area is 85.5 Å². The average molecular weight is 193 g/mol. The maximum atomic E-state index is 4.43. The minimum atomic E-state index is 0.588. The second kappa shape index (κ2) is 3.64. The molecule has 0 bridgehead atoms. The minimum absolute atomic E-state index is 0.588. The number of nitrogens with one attached hydrogen (secondary N) is 1. The lowest BCUT2D eigenvalue weighted by molar-refractivity contribution is 0.362. The zero-order valence-electron chi connectivity index (χ0n) is 9.25. The lowest BCUT2D eigenvalue weighted by Crippen LogP contribution is -2.31. The van der Waals surface area contributed by atoms with Crippen LogP contribution in [0, 0.1) is 6.92 Å². The molecule has 1 N–H and O–H groups in total. The van der Waals surface area contributed by atoms with Crippen molar-refractivity contribution in [2.75, 3.05) is 5.32 Å². The molecule has 2 rings (SSSR count). The third-order valence-electron chi connectivity index (χ3n) is 3.19. The summed E-state index contributed by atoms with van der Waals surface area (Å²) >= 11 is 0. The van der Waals surface area contributed by atoms with Gasteiger partial charge in [-0.1, -0.05) is 13.8 Å². The Kier molecular flexibility index (Phi) is 2.48. The highest BCUT2D eigenvalue weighted by atomic mass is 15.4. The first-order valence-corrected chi connectivity index (χ1v) is 5.56. The number of aryl methyl sites for hydroxylation is 1. The second-order valence-electron chi connectivity index (χ2n) is 4.17. The van der Waals surface area contributed by atoms with E-state index in [1.807, 2.05) is 6.20 Å². The summed E-state index contributed by atoms with van der Waals surface area (Å²) in [4.78, 5) is 0. The summed E-state index contributed by atoms with van der Waals surface area (Å²) in [7, 11) is 0. The fraction of sp³-hybridized carbons (Fsp3) is 0.727. The summed E-state index contributed by atoms with van der Waals surface area (Å²) in [5.74, 6) is 1.23. The van der Waals surface area contributed by atoms with Crippen molar-refractivity contribution in [3.8, 4) is 0 Å². The Morgan fingerprint density at radius 1 is 1.50 bits per heavy atom. The largest absolute Gasteiger partial charge is 0.367 e. The molecule has 0 spiro atoms. The van der Waals surface area contributed by atoms with Gasteiger partial charge < -0.3 is 5.32 Å². The maximum absolute atomic E-state index is 4.43. The van der Waals surface area contributed by atoms with E-state index in [0.29, 0.717) is 12.1 Å². The molecule has 0 saturated heterocycles. The lowest BCUT2D eigenvalue weighted by atomic mass is 10.0. The van der Waals surface area contributed by atoms with Crippen LogP contribution in [0.4, 0.5) is 5.82 Å². The van der Waals surface area contributed by atoms with Crippen molar-refractivity contribution in [2.45, 2.75) is 52.1 Å². The van der Waals surface area contributed by atoms with Crippen molar-refractivity contribution in [1.82, 2.24) is 9.78 Å². The zero-order chi connectivity index (χ0) is 10.1. The van der Waals surface area contributed by atoms with Gasteiger partial charge in [-0.3, -0.25) is 0 Å². The molecule has 1 aromatic heterocycles. The number of rotatable bonds is 2. The van der Waals surface area contributed by atoms with Crippen LogP contribution < -0.4 is 5.32 Å². The monoisotopic (exact) mass is 193 g/mol. The molecule has 0 aliphatic carbocycles. The molecule has 2 atom stereocenters. The molecule has 1 aliphatic rings. The quantitative estimate of drug-likeness (QED) is 0.782. The Hall–Kier alpha value is -0.990. The van der Waals surface area contributed by atoms with Crippen LogP contribution in [0.2, 0.25) is 0 Å². The van der Waals surface area contributed by atoms with Gasteiger partial charge in [0.2, 0.25) is 0 Å². The standard InChI is InChI=1S/C11H19N3/c1-4-9-6-10(5-2)14-11(13-9)8(3)7-12-14/h7,9-10,13H,4-6H2,1-3H3. The van der Waals surface area contributed by atoms with Crippen LogP contribution in [0.3, 0.4) is 0 Å². The van der Waals surface area contributed by atoms with Gasteiger partial charge in [0.1, 0.15) is 5.82 Å². The predicted octanol–water partition coefficient (Wildman–Crippen LogP) is 2.74. The van der Waals surface area contributed by atoms with Gasteiger partial charge in [0.25, 0.3) is 0 Å². The fourth-order valence-electron chi connectivity index (χ4n) is 2.19. The van der Waals surface area contributed by atoms with Crippen LogP contribution in [0.25, 0.3) is 0 Å². The fourth-order valence-corrected chi connectivity index (χ4v) is 2.19. The first-order valence-electron chi connectivity index (χ1n) is 5.56. The van der Waals surface area contributed by atoms with Gasteiger partial charge in [-0.15, -0.1) is 0 Å². The van der Waals surface area contributed by atoms with E-state index in [2.05, 4.69) is 35.9 Å². The van der Waals surface area contributed by atoms with Crippen molar-refractivity contribution < 1.29 is 0 Å². The second-order valence-corrected chi connectivity index (χ2v) is 4.17. The minimum Gasteiger partial charge on any atom is -0.367 e. The molecular formula is C11H19N3. The molecule has 3 heteroatoms. The molecule has 3 nitrogen and oxygen atoms in total. The van der Waals surface area contributed by atoms with Gasteiger partial charge in [0.15, 0.2) is 0 Å². The maximum Gasteiger partial charge on any atom is 0.127 e. The Bertz CT molecular complexity index is 316. The predicted molar refractivity (Wildman–Crippen MR) is 58.6 cm³/mol. The summed E-state index contributed by atoms with van der Waals surface area (Å²) in [5, 5.41) is 7.99. The van der Waals surface area contributed by atoms with Gasteiger partial charge in [-0.2, -0.15) is 5.10 Å². The number of hydrogen-bond donors (Lipinski definition) is 1. The van der Waals surface area contributed by atoms with Crippen molar-refractivity contribution in [2.24, 2.45) is 0 Å². The smallest absolute Gasteiger partial charge is 0.127 e. The number of nitrogens with zero attached hydrogens (tertiary/aromatic N) is 2. The van der Waals surface area contributed by atoms with Crippen LogP contribution >= 0.6 is 0 Å². The van der Waals surface area contributed by atoms with E-state index in [9.17, 15) is 0 Å². The first kappa shape index (κ1) is 9.56. The van der Waals surface area contributed by atoms with Crippen LogP contribution in [0.1, 0.15) is 44.7 Å². The lowest BCUT2D eigenvalue weighted by Gasteiger charge is -2.31. The van der Waals surface area contributed by atoms with Crippen molar-refractivity contribution >= 4 is 5.82 Å². The highest BCUT2D eigenvalue weighted by molar-refractivity contribution is 5.45. The SMILES string of the molecule is CCC1CC(CC)n2ncc(C)c2N1. The van der Waals surface area contributed by atoms with Crippen molar-refractivity contribution in [3.63, 3.8) is 0 Å². The van der Waals surface area contributed by atoms with Crippen LogP contribution in [-0.2, 0) is 0 Å². The van der Waals surface area contributed by atoms with E-state index in [1.54, 1.807) is 0 Å². The number of fused-ring (bicyclic) bond motifs is 1. The summed E-state index contributed by atoms with van der Waals surface area (Å²) in [6.45, 7) is 6.60. The normalized spacial score (nSPS) is 25.6. The van der Waals surface area contributed by atoms with Gasteiger partial charge in [-0.25, -0.2) is 4.68 Å². The zero-order valence-corrected chi connectivity index (χ0v) is 9.25. The third-order valence-corrected chi connectivity index (χ3v) is 3.19. The number of anilines is 1. The molecular weight excluding hydrogens is 174 g/mol. The van der Waals surface area contributed by atoms with Crippen LogP contribution in [0.5, 0.6) is 0 Å². The van der Waals surface area contributed by atoms with E-state index in [1.165, 1.54) is 30.6 Å².